The van der Waals surface area contributed by atoms with Gasteiger partial charge in [0.25, 0.3) is 0 Å². The second kappa shape index (κ2) is 9.09. The number of hydrogen-bond acceptors (Lipinski definition) is 4. The maximum Gasteiger partial charge on any atom is 0.309 e. The molecular formula is C23H24BrFO4. The fraction of sp³-hybridized carbons (Fsp3) is 0.348. The summed E-state index contributed by atoms with van der Waals surface area (Å²) in [6.07, 6.45) is 2.88. The first kappa shape index (κ1) is 21.5. The van der Waals surface area contributed by atoms with Gasteiger partial charge in [-0.2, -0.15) is 0 Å². The SMILES string of the molecule is COc1c(Br)cc(C(C)C)c(/C=C/[C@H]2C[C@H](O)CC(=O)O2)c1-c1ccc(F)cc1. The van der Waals surface area contributed by atoms with E-state index in [0.29, 0.717) is 12.2 Å². The quantitative estimate of drug-likeness (QED) is 0.598. The minimum Gasteiger partial charge on any atom is -0.495 e. The number of carbonyl (C=O) groups is 1. The van der Waals surface area contributed by atoms with Crippen molar-refractivity contribution in [2.75, 3.05) is 7.11 Å². The molecule has 2 aromatic rings. The fourth-order valence-electron chi connectivity index (χ4n) is 3.56. The molecule has 2 atom stereocenters. The number of rotatable bonds is 5. The number of methoxy groups -OCH3 is 1. The van der Waals surface area contributed by atoms with E-state index in [2.05, 4.69) is 29.8 Å². The first-order chi connectivity index (χ1) is 13.8. The van der Waals surface area contributed by atoms with Crippen LogP contribution < -0.4 is 4.74 Å². The predicted octanol–water partition coefficient (Wildman–Crippen LogP) is 5.47. The smallest absolute Gasteiger partial charge is 0.309 e. The molecule has 0 unspecified atom stereocenters. The Morgan fingerprint density at radius 3 is 2.59 bits per heavy atom. The molecule has 0 radical (unpaired) electrons. The summed E-state index contributed by atoms with van der Waals surface area (Å²) >= 11 is 3.59. The van der Waals surface area contributed by atoms with Crippen LogP contribution in [0.4, 0.5) is 4.39 Å². The molecule has 2 aromatic carbocycles. The normalized spacial score (nSPS) is 19.6. The van der Waals surface area contributed by atoms with Crippen LogP contribution in [0.1, 0.15) is 43.7 Å². The highest BCUT2D eigenvalue weighted by molar-refractivity contribution is 9.10. The molecule has 0 aromatic heterocycles. The largest absolute Gasteiger partial charge is 0.495 e. The van der Waals surface area contributed by atoms with Crippen LogP contribution in [0.3, 0.4) is 0 Å². The third-order valence-electron chi connectivity index (χ3n) is 4.93. The number of benzene rings is 2. The zero-order chi connectivity index (χ0) is 21.1. The average Bonchev–Trinajstić information content (AvgIpc) is 2.66. The van der Waals surface area contributed by atoms with Crippen LogP contribution in [0.2, 0.25) is 0 Å². The van der Waals surface area contributed by atoms with E-state index in [1.54, 1.807) is 25.3 Å². The van der Waals surface area contributed by atoms with Crippen molar-refractivity contribution in [1.82, 2.24) is 0 Å². The summed E-state index contributed by atoms with van der Waals surface area (Å²) in [6, 6.07) is 8.27. The monoisotopic (exact) mass is 462 g/mol. The lowest BCUT2D eigenvalue weighted by atomic mass is 9.88. The highest BCUT2D eigenvalue weighted by Gasteiger charge is 2.26. The van der Waals surface area contributed by atoms with Gasteiger partial charge in [0.05, 0.1) is 24.1 Å². The summed E-state index contributed by atoms with van der Waals surface area (Å²) in [5.74, 6) is 0.124. The van der Waals surface area contributed by atoms with Crippen molar-refractivity contribution in [2.24, 2.45) is 0 Å². The Bertz CT molecular complexity index is 921. The third kappa shape index (κ3) is 4.87. The summed E-state index contributed by atoms with van der Waals surface area (Å²) in [7, 11) is 1.59. The second-order valence-corrected chi connectivity index (χ2v) is 8.27. The highest BCUT2D eigenvalue weighted by Crippen LogP contribution is 2.43. The first-order valence-electron chi connectivity index (χ1n) is 9.52. The fourth-order valence-corrected chi connectivity index (χ4v) is 4.16. The maximum absolute atomic E-state index is 13.5. The van der Waals surface area contributed by atoms with Crippen LogP contribution in [0.5, 0.6) is 5.75 Å². The van der Waals surface area contributed by atoms with Gasteiger partial charge in [-0.3, -0.25) is 4.79 Å². The minimum atomic E-state index is -0.702. The van der Waals surface area contributed by atoms with E-state index in [4.69, 9.17) is 9.47 Å². The van der Waals surface area contributed by atoms with E-state index in [9.17, 15) is 14.3 Å². The Morgan fingerprint density at radius 1 is 1.31 bits per heavy atom. The number of aliphatic hydroxyl groups excluding tert-OH is 1. The number of halogens is 2. The Balaban J connectivity index is 2.16. The molecule has 1 saturated heterocycles. The van der Waals surface area contributed by atoms with Gasteiger partial charge in [0.1, 0.15) is 17.7 Å². The van der Waals surface area contributed by atoms with Crippen LogP contribution in [0.15, 0.2) is 40.9 Å². The summed E-state index contributed by atoms with van der Waals surface area (Å²) in [4.78, 5) is 11.7. The molecule has 1 aliphatic rings. The van der Waals surface area contributed by atoms with E-state index in [-0.39, 0.29) is 18.2 Å². The second-order valence-electron chi connectivity index (χ2n) is 7.41. The molecular weight excluding hydrogens is 439 g/mol. The lowest BCUT2D eigenvalue weighted by Crippen LogP contribution is -2.31. The molecule has 29 heavy (non-hydrogen) atoms. The van der Waals surface area contributed by atoms with Crippen LogP contribution in [-0.4, -0.2) is 30.4 Å². The van der Waals surface area contributed by atoms with Gasteiger partial charge >= 0.3 is 5.97 Å². The average molecular weight is 463 g/mol. The van der Waals surface area contributed by atoms with Crippen molar-refractivity contribution in [3.8, 4) is 16.9 Å². The van der Waals surface area contributed by atoms with E-state index in [1.165, 1.54) is 12.1 Å². The number of esters is 1. The molecule has 0 bridgehead atoms. The van der Waals surface area contributed by atoms with Gasteiger partial charge in [-0.05, 0) is 62.8 Å². The third-order valence-corrected chi connectivity index (χ3v) is 5.52. The summed E-state index contributed by atoms with van der Waals surface area (Å²) in [5.41, 5.74) is 3.61. The lowest BCUT2D eigenvalue weighted by Gasteiger charge is -2.24. The molecule has 0 saturated carbocycles. The molecule has 154 valence electrons. The maximum atomic E-state index is 13.5. The molecule has 4 nitrogen and oxygen atoms in total. The molecule has 0 spiro atoms. The van der Waals surface area contributed by atoms with Crippen molar-refractivity contribution in [2.45, 2.75) is 44.8 Å². The standard InChI is InChI=1S/C23H24BrFO4/c1-13(2)19-12-20(24)23(28-3)22(14-4-6-15(25)7-5-14)18(19)9-8-17-10-16(26)11-21(27)29-17/h4-9,12-13,16-17,26H,10-11H2,1-3H3/b9-8+/t16-,17-/m0/s1. The van der Waals surface area contributed by atoms with Gasteiger partial charge in [0, 0.05) is 12.0 Å². The number of carbonyl (C=O) groups excluding carboxylic acids is 1. The lowest BCUT2D eigenvalue weighted by molar-refractivity contribution is -0.156. The van der Waals surface area contributed by atoms with Gasteiger partial charge in [-0.15, -0.1) is 0 Å². The van der Waals surface area contributed by atoms with Crippen molar-refractivity contribution < 1.29 is 23.8 Å². The van der Waals surface area contributed by atoms with Gasteiger partial charge in [-0.25, -0.2) is 4.39 Å². The van der Waals surface area contributed by atoms with Crippen molar-refractivity contribution in [3.05, 3.63) is 57.8 Å². The summed E-state index contributed by atoms with van der Waals surface area (Å²) in [6.45, 7) is 4.18. The molecule has 1 aliphatic heterocycles. The number of hydrogen-bond donors (Lipinski definition) is 1. The van der Waals surface area contributed by atoms with Crippen LogP contribution in [0, 0.1) is 5.82 Å². The molecule has 1 N–H and O–H groups in total. The zero-order valence-corrected chi connectivity index (χ0v) is 18.2. The van der Waals surface area contributed by atoms with Crippen molar-refractivity contribution in [3.63, 3.8) is 0 Å². The van der Waals surface area contributed by atoms with Crippen molar-refractivity contribution >= 4 is 28.0 Å². The topological polar surface area (TPSA) is 55.8 Å². The Morgan fingerprint density at radius 2 is 2.00 bits per heavy atom. The highest BCUT2D eigenvalue weighted by atomic mass is 79.9. The van der Waals surface area contributed by atoms with Gasteiger partial charge in [0.2, 0.25) is 0 Å². The Kier molecular flexibility index (Phi) is 6.75. The predicted molar refractivity (Wildman–Crippen MR) is 114 cm³/mol. The summed E-state index contributed by atoms with van der Waals surface area (Å²) < 4.78 is 25.3. The molecule has 0 aliphatic carbocycles. The van der Waals surface area contributed by atoms with Crippen molar-refractivity contribution in [1.29, 1.82) is 0 Å². The molecule has 3 rings (SSSR count). The Labute approximate surface area is 178 Å². The van der Waals surface area contributed by atoms with E-state index in [0.717, 1.165) is 26.7 Å². The minimum absolute atomic E-state index is 0.0223. The van der Waals surface area contributed by atoms with Gasteiger partial charge in [-0.1, -0.05) is 32.1 Å². The molecule has 1 fully saturated rings. The zero-order valence-electron chi connectivity index (χ0n) is 16.6. The number of ether oxygens (including phenoxy) is 2. The molecule has 0 amide bonds. The van der Waals surface area contributed by atoms with E-state index >= 15 is 0 Å². The van der Waals surface area contributed by atoms with Gasteiger partial charge < -0.3 is 14.6 Å². The van der Waals surface area contributed by atoms with Crippen LogP contribution in [-0.2, 0) is 9.53 Å². The van der Waals surface area contributed by atoms with Gasteiger partial charge in [0.15, 0.2) is 0 Å². The Hall–Kier alpha value is -2.18. The van der Waals surface area contributed by atoms with E-state index < -0.39 is 18.2 Å². The number of cyclic esters (lactones) is 1. The molecule has 6 heteroatoms. The first-order valence-corrected chi connectivity index (χ1v) is 10.3. The summed E-state index contributed by atoms with van der Waals surface area (Å²) in [5, 5.41) is 9.87. The van der Waals surface area contributed by atoms with Crippen LogP contribution >= 0.6 is 15.9 Å². The molecule has 1 heterocycles. The number of aliphatic hydroxyl groups is 1. The van der Waals surface area contributed by atoms with Crippen LogP contribution in [0.25, 0.3) is 17.2 Å². The van der Waals surface area contributed by atoms with E-state index in [1.807, 2.05) is 12.1 Å².